The fourth-order valence-electron chi connectivity index (χ4n) is 8.75. The summed E-state index contributed by atoms with van der Waals surface area (Å²) in [5, 5.41) is 0. The van der Waals surface area contributed by atoms with Crippen molar-refractivity contribution in [3.63, 3.8) is 0 Å². The Morgan fingerprint density at radius 1 is 0.646 bits per heavy atom. The van der Waals surface area contributed by atoms with E-state index in [0.29, 0.717) is 5.54 Å². The molecular formula is C39H62Br2Cl2N2Si2Ti-2. The van der Waals surface area contributed by atoms with E-state index in [1.807, 2.05) is 0 Å². The van der Waals surface area contributed by atoms with Crippen molar-refractivity contribution in [2.75, 3.05) is 4.98 Å². The normalized spacial score (nSPS) is 22.8. The molecule has 2 aromatic carbocycles. The van der Waals surface area contributed by atoms with Crippen LogP contribution in [0.3, 0.4) is 0 Å². The van der Waals surface area contributed by atoms with Gasteiger partial charge in [-0.1, -0.05) is 114 Å². The predicted octanol–water partition coefficient (Wildman–Crippen LogP) is 15.8. The van der Waals surface area contributed by atoms with Crippen molar-refractivity contribution in [3.05, 3.63) is 90.2 Å². The molecule has 9 heteroatoms. The molecule has 0 aliphatic heterocycles. The average Bonchev–Trinajstić information content (AvgIpc) is 3.27. The quantitative estimate of drug-likeness (QED) is 0.227. The van der Waals surface area contributed by atoms with Crippen LogP contribution in [0.15, 0.2) is 55.5 Å². The first-order valence-corrected chi connectivity index (χ1v) is 28.9. The van der Waals surface area contributed by atoms with Crippen molar-refractivity contribution in [2.24, 2.45) is 23.7 Å². The summed E-state index contributed by atoms with van der Waals surface area (Å²) >= 11 is 6.64. The van der Waals surface area contributed by atoms with Crippen LogP contribution >= 0.6 is 50.5 Å². The van der Waals surface area contributed by atoms with Crippen LogP contribution in [0.25, 0.3) is 4.98 Å². The van der Waals surface area contributed by atoms with Crippen molar-refractivity contribution in [3.8, 4) is 0 Å². The molecule has 0 heterocycles. The van der Waals surface area contributed by atoms with Crippen molar-refractivity contribution in [1.82, 2.24) is 0 Å². The topological polar surface area (TPSA) is 26.1 Å². The molecule has 0 radical (unpaired) electrons. The summed E-state index contributed by atoms with van der Waals surface area (Å²) in [5.74, 6) is 3.20. The molecule has 4 rings (SSSR count). The maximum atomic E-state index is 5.40. The van der Waals surface area contributed by atoms with Crippen LogP contribution in [-0.4, -0.2) is 16.5 Å². The molecule has 2 aliphatic rings. The number of rotatable bonds is 6. The van der Waals surface area contributed by atoms with E-state index in [9.17, 15) is 0 Å². The molecule has 0 saturated heterocycles. The molecule has 48 heavy (non-hydrogen) atoms. The van der Waals surface area contributed by atoms with Gasteiger partial charge in [0.25, 0.3) is 0 Å². The molecule has 2 aromatic rings. The van der Waals surface area contributed by atoms with E-state index in [2.05, 4.69) is 170 Å². The van der Waals surface area contributed by atoms with Crippen molar-refractivity contribution >= 4 is 78.3 Å². The monoisotopic (exact) mass is 890 g/mol. The molecule has 0 bridgehead atoms. The second-order valence-electron chi connectivity index (χ2n) is 15.5. The van der Waals surface area contributed by atoms with Gasteiger partial charge in [0, 0.05) is 20.2 Å². The first-order valence-electron chi connectivity index (χ1n) is 16.9. The van der Waals surface area contributed by atoms with Crippen LogP contribution in [0.5, 0.6) is 0 Å². The van der Waals surface area contributed by atoms with E-state index in [4.69, 9.17) is 23.6 Å². The number of aryl methyl sites for hydroxylation is 4. The number of nitrogens with one attached hydrogen (secondary N) is 1. The third kappa shape index (κ3) is 10.6. The Kier molecular flexibility index (Phi) is 18.1. The Hall–Kier alpha value is 0.208. The van der Waals surface area contributed by atoms with E-state index in [1.54, 1.807) is 11.1 Å². The SMILES string of the molecule is CC1=C(C)C([Si](C)(C)Nc2c(C)cc(Br)cc2C)C(C)=C1C.Cc1cc(Br)cc(C)c1[N-][Si](C)(C)C1C(C)C(C)C(C)C1C.[CH3-].[Cl][Ti][Cl]. The summed E-state index contributed by atoms with van der Waals surface area (Å²) in [6, 6.07) is 8.80. The number of hydrogen-bond acceptors (Lipinski definition) is 1. The van der Waals surface area contributed by atoms with Crippen molar-refractivity contribution < 1.29 is 17.0 Å². The van der Waals surface area contributed by atoms with E-state index >= 15 is 0 Å². The number of allylic oxidation sites excluding steroid dienone is 4. The number of nitrogens with zero attached hydrogens (tertiary/aromatic N) is 1. The molecule has 0 aromatic heterocycles. The van der Waals surface area contributed by atoms with Gasteiger partial charge >= 0.3 is 35.6 Å². The summed E-state index contributed by atoms with van der Waals surface area (Å²) in [5.41, 5.74) is 15.3. The zero-order chi connectivity index (χ0) is 36.3. The molecule has 4 atom stereocenters. The molecular weight excluding hydrogens is 831 g/mol. The average molecular weight is 894 g/mol. The second kappa shape index (κ2) is 18.8. The fraction of sp³-hybridized carbons (Fsp3) is 0.564. The van der Waals surface area contributed by atoms with Gasteiger partial charge in [0.15, 0.2) is 8.24 Å². The minimum atomic E-state index is -1.69. The van der Waals surface area contributed by atoms with E-state index < -0.39 is 33.5 Å². The summed E-state index contributed by atoms with van der Waals surface area (Å²) in [7, 11) is 6.40. The van der Waals surface area contributed by atoms with E-state index in [-0.39, 0.29) is 7.43 Å². The Morgan fingerprint density at radius 2 is 0.979 bits per heavy atom. The van der Waals surface area contributed by atoms with Crippen LogP contribution in [-0.2, 0) is 17.0 Å². The zero-order valence-electron chi connectivity index (χ0n) is 32.7. The number of hydrogen-bond donors (Lipinski definition) is 1. The first kappa shape index (κ1) is 46.2. The molecule has 0 spiro atoms. The van der Waals surface area contributed by atoms with Crippen molar-refractivity contribution in [2.45, 2.75) is 120 Å². The Labute approximate surface area is 331 Å². The van der Waals surface area contributed by atoms with Crippen LogP contribution in [0.1, 0.15) is 77.6 Å². The molecule has 1 fully saturated rings. The minimum absolute atomic E-state index is 0. The van der Waals surface area contributed by atoms with Gasteiger partial charge in [-0.15, -0.1) is 5.69 Å². The van der Waals surface area contributed by atoms with Crippen LogP contribution in [0.4, 0.5) is 11.4 Å². The summed E-state index contributed by atoms with van der Waals surface area (Å²) < 4.78 is 2.32. The third-order valence-corrected chi connectivity index (χ3v) is 19.2. The Morgan fingerprint density at radius 3 is 1.33 bits per heavy atom. The summed E-state index contributed by atoms with van der Waals surface area (Å²) in [6.07, 6.45) is 0. The molecule has 270 valence electrons. The van der Waals surface area contributed by atoms with Crippen LogP contribution in [0, 0.1) is 58.8 Å². The van der Waals surface area contributed by atoms with Gasteiger partial charge in [0.05, 0.1) is 0 Å². The number of benzene rings is 2. The molecule has 1 saturated carbocycles. The van der Waals surface area contributed by atoms with Crippen LogP contribution in [0.2, 0.25) is 37.3 Å². The molecule has 2 nitrogen and oxygen atoms in total. The third-order valence-electron chi connectivity index (χ3n) is 11.6. The molecule has 2 aliphatic carbocycles. The molecule has 4 unspecified atom stereocenters. The second-order valence-corrected chi connectivity index (χ2v) is 28.4. The van der Waals surface area contributed by atoms with Gasteiger partial charge in [-0.3, -0.25) is 0 Å². The van der Waals surface area contributed by atoms with Crippen LogP contribution < -0.4 is 4.98 Å². The van der Waals surface area contributed by atoms with E-state index in [0.717, 1.165) is 38.2 Å². The predicted molar refractivity (Wildman–Crippen MR) is 228 cm³/mol. The standard InChI is InChI=1S/C19H31BrNSi.C19H28BrNSi.CH3.2ClH.Ti/c2*1-11-9-17(20)10-12(2)18(11)21-22(7,8)19-15(5)13(3)14(4)16(19)6;;;;/h9-10,13-16,19H,1-8H3;9-10,19,21H,1-8H3;1H3;2*1H;/q-1;;-1;;;+2/p-2. The number of halogens is 4. The maximum absolute atomic E-state index is 5.40. The van der Waals surface area contributed by atoms with Gasteiger partial charge in [-0.25, -0.2) is 0 Å². The molecule has 0 amide bonds. The van der Waals surface area contributed by atoms with Gasteiger partial charge in [-0.2, -0.15) is 0 Å². The number of anilines is 1. The van der Waals surface area contributed by atoms with Crippen molar-refractivity contribution in [1.29, 1.82) is 0 Å². The van der Waals surface area contributed by atoms with Gasteiger partial charge in [0.1, 0.15) is 0 Å². The van der Waals surface area contributed by atoms with Gasteiger partial charge in [-0.05, 0) is 134 Å². The Bertz CT molecular complexity index is 1410. The van der Waals surface area contributed by atoms with E-state index in [1.165, 1.54) is 44.8 Å². The zero-order valence-corrected chi connectivity index (χ0v) is 41.0. The summed E-state index contributed by atoms with van der Waals surface area (Å²) in [4.78, 5) is 9.38. The summed E-state index contributed by atoms with van der Waals surface area (Å²) in [6.45, 7) is 37.6. The molecule has 1 N–H and O–H groups in total. The Balaban J connectivity index is 0.000000435. The fourth-order valence-corrected chi connectivity index (χ4v) is 18.2. The van der Waals surface area contributed by atoms with Gasteiger partial charge in [0.2, 0.25) is 0 Å². The van der Waals surface area contributed by atoms with Gasteiger partial charge < -0.3 is 17.4 Å². The first-order chi connectivity index (χ1) is 21.5.